The van der Waals surface area contributed by atoms with Gasteiger partial charge in [0.2, 0.25) is 0 Å². The molecule has 8 heteroatoms. The molecule has 0 spiro atoms. The van der Waals surface area contributed by atoms with E-state index in [1.165, 1.54) is 10.3 Å². The summed E-state index contributed by atoms with van der Waals surface area (Å²) in [6.45, 7) is 7.34. The summed E-state index contributed by atoms with van der Waals surface area (Å²) < 4.78 is 1.26. The molecular weight excluding hydrogens is 504 g/mol. The van der Waals surface area contributed by atoms with Gasteiger partial charge in [0.15, 0.2) is 10.9 Å². The van der Waals surface area contributed by atoms with Crippen molar-refractivity contribution in [3.8, 4) is 0 Å². The van der Waals surface area contributed by atoms with Crippen LogP contribution in [0.25, 0.3) is 10.2 Å². The second-order valence-corrected chi connectivity index (χ2v) is 10.0. The molecule has 3 aromatic carbocycles. The number of amides is 1. The van der Waals surface area contributed by atoms with Crippen molar-refractivity contribution in [1.29, 1.82) is 0 Å². The first-order valence-corrected chi connectivity index (χ1v) is 13.3. The molecule has 0 aliphatic carbocycles. The number of rotatable bonds is 8. The van der Waals surface area contributed by atoms with Crippen LogP contribution in [0, 0.1) is 0 Å². The number of carbonyl (C=O) groups is 2. The molecule has 0 bridgehead atoms. The molecule has 1 N–H and O–H groups in total. The van der Waals surface area contributed by atoms with Gasteiger partial charge >= 0.3 is 0 Å². The molecule has 1 aliphatic rings. The molecule has 1 fully saturated rings. The smallest absolute Gasteiger partial charge is 0.251 e. The van der Waals surface area contributed by atoms with Crippen LogP contribution in [0.4, 0.5) is 5.13 Å². The lowest BCUT2D eigenvalue weighted by atomic mass is 10.0. The van der Waals surface area contributed by atoms with E-state index in [2.05, 4.69) is 40.2 Å². The van der Waals surface area contributed by atoms with Gasteiger partial charge in [-0.15, -0.1) is 12.4 Å². The van der Waals surface area contributed by atoms with E-state index in [0.717, 1.165) is 49.8 Å². The SMILES string of the molecule is CCc1ccc2nc(N3CCN(CCNC(=O)c4ccc(C(=O)c5ccccc5)cc4)CC3)sc2c1.Cl. The largest absolute Gasteiger partial charge is 0.351 e. The van der Waals surface area contributed by atoms with E-state index in [1.807, 2.05) is 18.2 Å². The van der Waals surface area contributed by atoms with Crippen molar-refractivity contribution in [2.75, 3.05) is 44.2 Å². The number of anilines is 1. The molecule has 5 rings (SSSR count). The number of nitrogens with one attached hydrogen (secondary N) is 1. The molecule has 37 heavy (non-hydrogen) atoms. The Balaban J connectivity index is 0.00000320. The number of nitrogens with zero attached hydrogens (tertiary/aromatic N) is 3. The van der Waals surface area contributed by atoms with Crippen molar-refractivity contribution in [1.82, 2.24) is 15.2 Å². The average molecular weight is 535 g/mol. The molecule has 1 aliphatic heterocycles. The van der Waals surface area contributed by atoms with Gasteiger partial charge in [-0.1, -0.05) is 66.8 Å². The van der Waals surface area contributed by atoms with Gasteiger partial charge in [-0.3, -0.25) is 14.5 Å². The highest BCUT2D eigenvalue weighted by atomic mass is 35.5. The van der Waals surface area contributed by atoms with E-state index in [0.29, 0.717) is 23.2 Å². The Bertz CT molecular complexity index is 1350. The lowest BCUT2D eigenvalue weighted by molar-refractivity contribution is 0.0946. The van der Waals surface area contributed by atoms with Crippen LogP contribution < -0.4 is 10.2 Å². The zero-order valence-corrected chi connectivity index (χ0v) is 22.5. The Morgan fingerprint density at radius 2 is 1.57 bits per heavy atom. The number of carbonyl (C=O) groups excluding carboxylic acids is 2. The number of ketones is 1. The molecule has 1 aromatic heterocycles. The van der Waals surface area contributed by atoms with Gasteiger partial charge in [-0.25, -0.2) is 4.98 Å². The Morgan fingerprint density at radius 3 is 2.27 bits per heavy atom. The van der Waals surface area contributed by atoms with Gasteiger partial charge < -0.3 is 10.2 Å². The van der Waals surface area contributed by atoms with E-state index in [9.17, 15) is 9.59 Å². The third-order valence-corrected chi connectivity index (χ3v) is 7.73. The van der Waals surface area contributed by atoms with Gasteiger partial charge in [0.1, 0.15) is 0 Å². The van der Waals surface area contributed by atoms with Gasteiger partial charge in [0.25, 0.3) is 5.91 Å². The normalized spacial score (nSPS) is 13.8. The average Bonchev–Trinajstić information content (AvgIpc) is 3.37. The summed E-state index contributed by atoms with van der Waals surface area (Å²) in [6.07, 6.45) is 1.04. The first-order valence-electron chi connectivity index (χ1n) is 12.5. The number of aryl methyl sites for hydroxylation is 1. The third-order valence-electron chi connectivity index (χ3n) is 6.65. The van der Waals surface area contributed by atoms with Crippen molar-refractivity contribution in [2.45, 2.75) is 13.3 Å². The van der Waals surface area contributed by atoms with Crippen molar-refractivity contribution in [3.05, 3.63) is 95.1 Å². The fourth-order valence-corrected chi connectivity index (χ4v) is 5.51. The lowest BCUT2D eigenvalue weighted by Gasteiger charge is -2.34. The predicted molar refractivity (Wildman–Crippen MR) is 154 cm³/mol. The van der Waals surface area contributed by atoms with Crippen LogP contribution in [0.1, 0.15) is 38.8 Å². The fourth-order valence-electron chi connectivity index (χ4n) is 4.43. The first kappa shape index (κ1) is 26.8. The number of benzene rings is 3. The Hall–Kier alpha value is -3.26. The van der Waals surface area contributed by atoms with Crippen molar-refractivity contribution < 1.29 is 9.59 Å². The van der Waals surface area contributed by atoms with Crippen molar-refractivity contribution in [3.63, 3.8) is 0 Å². The van der Waals surface area contributed by atoms with Crippen LogP contribution in [0.2, 0.25) is 0 Å². The van der Waals surface area contributed by atoms with Crippen LogP contribution >= 0.6 is 23.7 Å². The number of thiazole rings is 1. The molecule has 2 heterocycles. The molecule has 6 nitrogen and oxygen atoms in total. The maximum atomic E-state index is 12.6. The standard InChI is InChI=1S/C29H30N4O2S.ClH/c1-2-21-8-13-25-26(20-21)36-29(31-25)33-18-16-32(17-19-33)15-14-30-28(35)24-11-9-23(10-12-24)27(34)22-6-4-3-5-7-22;/h3-13,20H,2,14-19H2,1H3,(H,30,35);1H. The minimum absolute atomic E-state index is 0. The van der Waals surface area contributed by atoms with E-state index in [-0.39, 0.29) is 24.1 Å². The summed E-state index contributed by atoms with van der Waals surface area (Å²) in [7, 11) is 0. The monoisotopic (exact) mass is 534 g/mol. The van der Waals surface area contributed by atoms with E-state index < -0.39 is 0 Å². The number of halogens is 1. The molecule has 0 saturated carbocycles. The molecule has 0 unspecified atom stereocenters. The van der Waals surface area contributed by atoms with Crippen LogP contribution in [-0.2, 0) is 6.42 Å². The summed E-state index contributed by atoms with van der Waals surface area (Å²) in [5.41, 5.74) is 4.21. The zero-order valence-electron chi connectivity index (χ0n) is 20.9. The summed E-state index contributed by atoms with van der Waals surface area (Å²) >= 11 is 1.77. The van der Waals surface area contributed by atoms with Gasteiger partial charge in [-0.05, 0) is 36.2 Å². The quantitative estimate of drug-likeness (QED) is 0.320. The van der Waals surface area contributed by atoms with Gasteiger partial charge in [-0.2, -0.15) is 0 Å². The third kappa shape index (κ3) is 6.36. The maximum Gasteiger partial charge on any atom is 0.251 e. The van der Waals surface area contributed by atoms with Gasteiger partial charge in [0, 0.05) is 56.0 Å². The molecule has 0 radical (unpaired) electrons. The molecule has 4 aromatic rings. The topological polar surface area (TPSA) is 65.5 Å². The number of aromatic nitrogens is 1. The summed E-state index contributed by atoms with van der Waals surface area (Å²) in [4.78, 5) is 34.7. The minimum atomic E-state index is -0.117. The van der Waals surface area contributed by atoms with Crippen LogP contribution in [-0.4, -0.2) is 60.8 Å². The van der Waals surface area contributed by atoms with E-state index >= 15 is 0 Å². The zero-order chi connectivity index (χ0) is 24.9. The number of piperazine rings is 1. The highest BCUT2D eigenvalue weighted by molar-refractivity contribution is 7.22. The predicted octanol–water partition coefficient (Wildman–Crippen LogP) is 5.06. The number of fused-ring (bicyclic) bond motifs is 1. The lowest BCUT2D eigenvalue weighted by Crippen LogP contribution is -2.48. The first-order chi connectivity index (χ1) is 17.6. The highest BCUT2D eigenvalue weighted by Gasteiger charge is 2.20. The van der Waals surface area contributed by atoms with Crippen LogP contribution in [0.5, 0.6) is 0 Å². The van der Waals surface area contributed by atoms with Crippen LogP contribution in [0.15, 0.2) is 72.8 Å². The molecule has 192 valence electrons. The maximum absolute atomic E-state index is 12.6. The Morgan fingerprint density at radius 1 is 0.892 bits per heavy atom. The van der Waals surface area contributed by atoms with Gasteiger partial charge in [0.05, 0.1) is 10.2 Å². The Kier molecular flexibility index (Phi) is 8.92. The summed E-state index contributed by atoms with van der Waals surface area (Å²) in [5, 5.41) is 4.11. The molecule has 1 saturated heterocycles. The molecular formula is C29H31ClN4O2S. The van der Waals surface area contributed by atoms with Crippen molar-refractivity contribution in [2.24, 2.45) is 0 Å². The second kappa shape index (κ2) is 12.3. The summed E-state index contributed by atoms with van der Waals surface area (Å²) in [5.74, 6) is -0.161. The number of hydrogen-bond donors (Lipinski definition) is 1. The molecule has 0 atom stereocenters. The minimum Gasteiger partial charge on any atom is -0.351 e. The highest BCUT2D eigenvalue weighted by Crippen LogP contribution is 2.30. The fraction of sp³-hybridized carbons (Fsp3) is 0.276. The summed E-state index contributed by atoms with van der Waals surface area (Å²) in [6, 6.07) is 22.6. The van der Waals surface area contributed by atoms with Crippen LogP contribution in [0.3, 0.4) is 0 Å². The number of hydrogen-bond acceptors (Lipinski definition) is 6. The van der Waals surface area contributed by atoms with E-state index in [4.69, 9.17) is 4.98 Å². The van der Waals surface area contributed by atoms with Crippen molar-refractivity contribution >= 4 is 50.8 Å². The molecule has 1 amide bonds. The van der Waals surface area contributed by atoms with E-state index in [1.54, 1.807) is 47.7 Å². The Labute approximate surface area is 227 Å². The second-order valence-electron chi connectivity index (χ2n) is 9.01.